The molecule has 0 radical (unpaired) electrons. The van der Waals surface area contributed by atoms with Gasteiger partial charge in [0.2, 0.25) is 11.2 Å². The maximum Gasteiger partial charge on any atom is 0.332 e. The van der Waals surface area contributed by atoms with Gasteiger partial charge in [-0.2, -0.15) is 4.98 Å². The molecule has 3 rings (SSSR count). The van der Waals surface area contributed by atoms with Crippen molar-refractivity contribution >= 4 is 28.7 Å². The minimum Gasteiger partial charge on any atom is -0.352 e. The molecule has 32 heavy (non-hydrogen) atoms. The number of unbranched alkanes of at least 4 members (excludes halogenated alkanes) is 2. The van der Waals surface area contributed by atoms with Gasteiger partial charge in [-0.15, -0.1) is 0 Å². The van der Waals surface area contributed by atoms with Gasteiger partial charge in [-0.3, -0.25) is 18.7 Å². The third kappa shape index (κ3) is 5.68. The van der Waals surface area contributed by atoms with Crippen LogP contribution in [0.2, 0.25) is 5.28 Å². The van der Waals surface area contributed by atoms with Gasteiger partial charge in [-0.25, -0.2) is 4.79 Å². The summed E-state index contributed by atoms with van der Waals surface area (Å²) in [6.07, 6.45) is 4.21. The molecule has 0 saturated heterocycles. The smallest absolute Gasteiger partial charge is 0.332 e. The van der Waals surface area contributed by atoms with Crippen molar-refractivity contribution in [3.8, 4) is 0 Å². The Balaban J connectivity index is 1.69. The first kappa shape index (κ1) is 23.8. The molecule has 2 aromatic heterocycles. The molecular formula is C23H30ClN5O3. The van der Waals surface area contributed by atoms with Gasteiger partial charge < -0.3 is 10.3 Å². The molecule has 1 unspecified atom stereocenters. The van der Waals surface area contributed by atoms with Crippen LogP contribution in [0.5, 0.6) is 0 Å². The Morgan fingerprint density at radius 3 is 2.66 bits per heavy atom. The summed E-state index contributed by atoms with van der Waals surface area (Å²) in [5, 5.41) is 2.98. The lowest BCUT2D eigenvalue weighted by Crippen LogP contribution is -2.42. The third-order valence-corrected chi connectivity index (χ3v) is 5.74. The highest BCUT2D eigenvalue weighted by Crippen LogP contribution is 2.15. The average Bonchev–Trinajstić information content (AvgIpc) is 3.17. The van der Waals surface area contributed by atoms with Crippen LogP contribution < -0.4 is 16.6 Å². The van der Waals surface area contributed by atoms with Gasteiger partial charge in [0.25, 0.3) is 5.56 Å². The molecule has 0 aliphatic carbocycles. The van der Waals surface area contributed by atoms with E-state index >= 15 is 0 Å². The van der Waals surface area contributed by atoms with Crippen molar-refractivity contribution in [2.75, 3.05) is 0 Å². The van der Waals surface area contributed by atoms with Gasteiger partial charge in [-0.1, -0.05) is 50.1 Å². The maximum absolute atomic E-state index is 13.2. The van der Waals surface area contributed by atoms with E-state index in [2.05, 4.69) is 22.2 Å². The molecule has 1 aromatic carbocycles. The van der Waals surface area contributed by atoms with Crippen molar-refractivity contribution in [3.63, 3.8) is 0 Å². The molecule has 0 aliphatic heterocycles. The highest BCUT2D eigenvalue weighted by molar-refractivity contribution is 6.28. The number of aromatic nitrogens is 4. The molecule has 1 atom stereocenters. The Morgan fingerprint density at radius 1 is 1.19 bits per heavy atom. The second kappa shape index (κ2) is 11.1. The number of benzene rings is 1. The normalized spacial score (nSPS) is 12.2. The molecule has 8 nitrogen and oxygen atoms in total. The van der Waals surface area contributed by atoms with Crippen LogP contribution in [0.1, 0.15) is 64.0 Å². The van der Waals surface area contributed by atoms with Crippen molar-refractivity contribution in [3.05, 3.63) is 62.0 Å². The van der Waals surface area contributed by atoms with Crippen molar-refractivity contribution < 1.29 is 4.79 Å². The van der Waals surface area contributed by atoms with Crippen LogP contribution in [0.4, 0.5) is 0 Å². The molecule has 0 saturated carbocycles. The zero-order chi connectivity index (χ0) is 23.1. The number of nitrogens with one attached hydrogen (secondary N) is 2. The molecule has 172 valence electrons. The number of imidazole rings is 1. The highest BCUT2D eigenvalue weighted by Gasteiger charge is 2.20. The first-order valence-corrected chi connectivity index (χ1v) is 11.5. The number of nitrogens with zero attached hydrogens (tertiary/aromatic N) is 3. The van der Waals surface area contributed by atoms with Crippen LogP contribution in [0.25, 0.3) is 11.2 Å². The molecule has 0 fully saturated rings. The molecule has 0 aliphatic rings. The van der Waals surface area contributed by atoms with Crippen LogP contribution in [0.3, 0.4) is 0 Å². The van der Waals surface area contributed by atoms with E-state index in [0.29, 0.717) is 38.0 Å². The Labute approximate surface area is 191 Å². The Morgan fingerprint density at radius 2 is 1.94 bits per heavy atom. The van der Waals surface area contributed by atoms with Gasteiger partial charge >= 0.3 is 5.69 Å². The monoisotopic (exact) mass is 459 g/mol. The van der Waals surface area contributed by atoms with E-state index in [1.807, 2.05) is 37.3 Å². The number of carbonyl (C=O) groups excluding carboxylic acids is 1. The lowest BCUT2D eigenvalue weighted by atomic mass is 10.1. The number of carbonyl (C=O) groups is 1. The number of hydrogen-bond donors (Lipinski definition) is 2. The SMILES string of the molecule is CCCCCn1c(=O)n(C(C)CCCC(=O)NCc2ccccc2)c(=O)c2[nH]c(Cl)nc21. The minimum atomic E-state index is -0.433. The fourth-order valence-electron chi connectivity index (χ4n) is 3.79. The largest absolute Gasteiger partial charge is 0.352 e. The predicted octanol–water partition coefficient (Wildman–Crippen LogP) is 3.78. The van der Waals surface area contributed by atoms with Gasteiger partial charge in [0.05, 0.1) is 0 Å². The molecular weight excluding hydrogens is 430 g/mol. The quantitative estimate of drug-likeness (QED) is 0.336. The number of aryl methyl sites for hydroxylation is 1. The van der Waals surface area contributed by atoms with E-state index in [4.69, 9.17) is 11.6 Å². The lowest BCUT2D eigenvalue weighted by molar-refractivity contribution is -0.121. The summed E-state index contributed by atoms with van der Waals surface area (Å²) in [6.45, 7) is 4.86. The maximum atomic E-state index is 13.2. The first-order valence-electron chi connectivity index (χ1n) is 11.1. The molecule has 9 heteroatoms. The van der Waals surface area contributed by atoms with Crippen molar-refractivity contribution in [2.45, 2.75) is 71.5 Å². The standard InChI is InChI=1S/C23H30ClN5O3/c1-3-4-8-14-28-20-19(26-22(24)27-20)21(31)29(23(28)32)16(2)10-9-13-18(30)25-15-17-11-6-5-7-12-17/h5-7,11-12,16H,3-4,8-10,13-15H2,1-2H3,(H,25,30)(H,26,27). The second-order valence-electron chi connectivity index (χ2n) is 8.05. The zero-order valence-corrected chi connectivity index (χ0v) is 19.3. The topological polar surface area (TPSA) is 102 Å². The van der Waals surface area contributed by atoms with E-state index < -0.39 is 5.56 Å². The van der Waals surface area contributed by atoms with E-state index in [1.54, 1.807) is 0 Å². The molecule has 0 spiro atoms. The van der Waals surface area contributed by atoms with Crippen LogP contribution in [0.15, 0.2) is 39.9 Å². The van der Waals surface area contributed by atoms with E-state index in [9.17, 15) is 14.4 Å². The van der Waals surface area contributed by atoms with Crippen molar-refractivity contribution in [2.24, 2.45) is 0 Å². The predicted molar refractivity (Wildman–Crippen MR) is 126 cm³/mol. The molecule has 3 aromatic rings. The summed E-state index contributed by atoms with van der Waals surface area (Å²) in [5.41, 5.74) is 0.749. The van der Waals surface area contributed by atoms with E-state index in [1.165, 1.54) is 9.13 Å². The van der Waals surface area contributed by atoms with Crippen LogP contribution in [-0.2, 0) is 17.9 Å². The van der Waals surface area contributed by atoms with Crippen LogP contribution in [-0.4, -0.2) is 25.0 Å². The summed E-state index contributed by atoms with van der Waals surface area (Å²) in [5.74, 6) is -0.0545. The number of H-pyrrole nitrogens is 1. The fourth-order valence-corrected chi connectivity index (χ4v) is 3.96. The summed E-state index contributed by atoms with van der Waals surface area (Å²) in [7, 11) is 0. The number of fused-ring (bicyclic) bond motifs is 1. The summed E-state index contributed by atoms with van der Waals surface area (Å²) < 4.78 is 2.78. The number of hydrogen-bond acceptors (Lipinski definition) is 4. The van der Waals surface area contributed by atoms with E-state index in [0.717, 1.165) is 24.8 Å². The first-order chi connectivity index (χ1) is 15.4. The van der Waals surface area contributed by atoms with Gasteiger partial charge in [0.15, 0.2) is 11.2 Å². The van der Waals surface area contributed by atoms with E-state index in [-0.39, 0.29) is 28.4 Å². The van der Waals surface area contributed by atoms with Gasteiger partial charge in [0.1, 0.15) is 0 Å². The summed E-state index contributed by atoms with van der Waals surface area (Å²) in [4.78, 5) is 45.2. The van der Waals surface area contributed by atoms with Gasteiger partial charge in [-0.05, 0) is 43.4 Å². The Bertz CT molecular complexity index is 1170. The Hall–Kier alpha value is -2.87. The summed E-state index contributed by atoms with van der Waals surface area (Å²) in [6, 6.07) is 9.34. The molecule has 2 heterocycles. The van der Waals surface area contributed by atoms with Crippen molar-refractivity contribution in [1.82, 2.24) is 24.4 Å². The van der Waals surface area contributed by atoms with Gasteiger partial charge in [0, 0.05) is 25.6 Å². The molecule has 1 amide bonds. The fraction of sp³-hybridized carbons (Fsp3) is 0.478. The minimum absolute atomic E-state index is 0.0545. The number of amides is 1. The molecule has 0 bridgehead atoms. The van der Waals surface area contributed by atoms with Crippen molar-refractivity contribution in [1.29, 1.82) is 0 Å². The third-order valence-electron chi connectivity index (χ3n) is 5.57. The lowest BCUT2D eigenvalue weighted by Gasteiger charge is -2.17. The zero-order valence-electron chi connectivity index (χ0n) is 18.6. The average molecular weight is 460 g/mol. The Kier molecular flexibility index (Phi) is 8.27. The number of rotatable bonds is 11. The highest BCUT2D eigenvalue weighted by atomic mass is 35.5. The second-order valence-corrected chi connectivity index (χ2v) is 8.40. The van der Waals surface area contributed by atoms with Crippen LogP contribution in [0, 0.1) is 0 Å². The molecule has 2 N–H and O–H groups in total. The van der Waals surface area contributed by atoms with Crippen LogP contribution >= 0.6 is 11.6 Å². The number of halogens is 1. The summed E-state index contributed by atoms with van der Waals surface area (Å²) >= 11 is 5.99. The number of aromatic amines is 1.